The Morgan fingerprint density at radius 2 is 2.10 bits per heavy atom. The van der Waals surface area contributed by atoms with Gasteiger partial charge < -0.3 is 4.90 Å². The van der Waals surface area contributed by atoms with Gasteiger partial charge in [-0.1, -0.05) is 18.2 Å². The largest absolute Gasteiger partial charge is 0.337 e. The van der Waals surface area contributed by atoms with Crippen LogP contribution < -0.4 is 0 Å². The molecule has 0 saturated carbocycles. The second kappa shape index (κ2) is 4.93. The van der Waals surface area contributed by atoms with Gasteiger partial charge in [-0.2, -0.15) is 0 Å². The molecule has 0 saturated heterocycles. The zero-order chi connectivity index (χ0) is 13.5. The third-order valence-corrected chi connectivity index (χ3v) is 6.37. The van der Waals surface area contributed by atoms with Gasteiger partial charge in [0.1, 0.15) is 0 Å². The smallest absolute Gasteiger partial charge is 0.236 e. The molecular formula is C16H15NOS2. The van der Waals surface area contributed by atoms with E-state index in [1.165, 1.54) is 20.9 Å². The molecule has 4 heteroatoms. The Labute approximate surface area is 126 Å². The number of benzene rings is 1. The van der Waals surface area contributed by atoms with E-state index in [4.69, 9.17) is 0 Å². The molecule has 2 nitrogen and oxygen atoms in total. The molecule has 3 heterocycles. The van der Waals surface area contributed by atoms with E-state index in [9.17, 15) is 4.79 Å². The summed E-state index contributed by atoms with van der Waals surface area (Å²) in [6.45, 7) is 1.67. The number of fused-ring (bicyclic) bond motifs is 2. The number of hydrogen-bond donors (Lipinski definition) is 0. The lowest BCUT2D eigenvalue weighted by molar-refractivity contribution is -0.131. The van der Waals surface area contributed by atoms with Crippen molar-refractivity contribution in [3.05, 3.63) is 51.7 Å². The topological polar surface area (TPSA) is 20.3 Å². The quantitative estimate of drug-likeness (QED) is 0.805. The lowest BCUT2D eigenvalue weighted by Crippen LogP contribution is -2.40. The molecule has 0 fully saturated rings. The maximum Gasteiger partial charge on any atom is 0.236 e. The van der Waals surface area contributed by atoms with E-state index in [0.717, 1.165) is 25.9 Å². The van der Waals surface area contributed by atoms with Crippen molar-refractivity contribution in [2.75, 3.05) is 6.54 Å². The molecule has 1 unspecified atom stereocenters. The third-order valence-electron chi connectivity index (χ3n) is 4.04. The molecule has 0 radical (unpaired) electrons. The maximum absolute atomic E-state index is 12.7. The molecule has 0 aliphatic carbocycles. The van der Waals surface area contributed by atoms with E-state index in [0.29, 0.717) is 5.91 Å². The fourth-order valence-electron chi connectivity index (χ4n) is 2.96. The zero-order valence-corrected chi connectivity index (χ0v) is 12.7. The lowest BCUT2D eigenvalue weighted by Gasteiger charge is -2.29. The molecule has 2 aliphatic rings. The third kappa shape index (κ3) is 2.07. The highest BCUT2D eigenvalue weighted by molar-refractivity contribution is 8.01. The molecule has 20 heavy (non-hydrogen) atoms. The Balaban J connectivity index is 1.50. The van der Waals surface area contributed by atoms with Crippen LogP contribution in [0.2, 0.25) is 0 Å². The van der Waals surface area contributed by atoms with Gasteiger partial charge in [0.15, 0.2) is 0 Å². The molecule has 0 N–H and O–H groups in total. The number of thioether (sulfide) groups is 1. The fraction of sp³-hybridized carbons (Fsp3) is 0.312. The lowest BCUT2D eigenvalue weighted by atomic mass is 10.1. The predicted molar refractivity (Wildman–Crippen MR) is 83.2 cm³/mol. The summed E-state index contributed by atoms with van der Waals surface area (Å²) in [4.78, 5) is 17.5. The van der Waals surface area contributed by atoms with Gasteiger partial charge in [-0.3, -0.25) is 4.79 Å². The molecule has 1 amide bonds. The Bertz CT molecular complexity index is 635. The molecule has 0 bridgehead atoms. The van der Waals surface area contributed by atoms with E-state index in [-0.39, 0.29) is 5.25 Å². The highest BCUT2D eigenvalue weighted by Gasteiger charge is 2.32. The molecule has 4 rings (SSSR count). The van der Waals surface area contributed by atoms with Gasteiger partial charge in [-0.05, 0) is 41.5 Å². The minimum Gasteiger partial charge on any atom is -0.337 e. The van der Waals surface area contributed by atoms with Crippen molar-refractivity contribution in [1.29, 1.82) is 0 Å². The van der Waals surface area contributed by atoms with Crippen LogP contribution in [-0.2, 0) is 24.2 Å². The molecule has 1 aromatic carbocycles. The number of carbonyl (C=O) groups is 1. The van der Waals surface area contributed by atoms with Crippen LogP contribution in [0.3, 0.4) is 0 Å². The van der Waals surface area contributed by atoms with E-state index in [1.54, 1.807) is 11.8 Å². The second-order valence-electron chi connectivity index (χ2n) is 5.30. The van der Waals surface area contributed by atoms with Crippen LogP contribution in [0.4, 0.5) is 0 Å². The van der Waals surface area contributed by atoms with Crippen LogP contribution in [-0.4, -0.2) is 22.6 Å². The zero-order valence-electron chi connectivity index (χ0n) is 11.0. The van der Waals surface area contributed by atoms with Crippen molar-refractivity contribution in [1.82, 2.24) is 4.90 Å². The van der Waals surface area contributed by atoms with Crippen molar-refractivity contribution in [3.63, 3.8) is 0 Å². The van der Waals surface area contributed by atoms with Gasteiger partial charge in [-0.15, -0.1) is 23.1 Å². The highest BCUT2D eigenvalue weighted by Crippen LogP contribution is 2.38. The average molecular weight is 301 g/mol. The standard InChI is InChI=1S/C16H15NOS2/c18-16(15-9-11-3-1-2-4-14(11)20-15)17-7-5-13-12(10-17)6-8-19-13/h1-4,6,8,15H,5,7,9-10H2. The van der Waals surface area contributed by atoms with Gasteiger partial charge in [0, 0.05) is 22.9 Å². The average Bonchev–Trinajstić information content (AvgIpc) is 3.11. The fourth-order valence-corrected chi connectivity index (χ4v) is 5.13. The summed E-state index contributed by atoms with van der Waals surface area (Å²) in [6.07, 6.45) is 1.90. The van der Waals surface area contributed by atoms with Gasteiger partial charge in [-0.25, -0.2) is 0 Å². The van der Waals surface area contributed by atoms with Gasteiger partial charge in [0.25, 0.3) is 0 Å². The van der Waals surface area contributed by atoms with E-state index < -0.39 is 0 Å². The van der Waals surface area contributed by atoms with Crippen LogP contribution >= 0.6 is 23.1 Å². The molecule has 2 aromatic rings. The van der Waals surface area contributed by atoms with Crippen molar-refractivity contribution in [2.24, 2.45) is 0 Å². The summed E-state index contributed by atoms with van der Waals surface area (Å²) < 4.78 is 0. The Kier molecular flexibility index (Phi) is 3.08. The first kappa shape index (κ1) is 12.5. The maximum atomic E-state index is 12.7. The summed E-state index contributed by atoms with van der Waals surface area (Å²) in [5, 5.41) is 2.21. The van der Waals surface area contributed by atoms with E-state index in [1.807, 2.05) is 16.2 Å². The van der Waals surface area contributed by atoms with Gasteiger partial charge >= 0.3 is 0 Å². The summed E-state index contributed by atoms with van der Waals surface area (Å²) in [5.41, 5.74) is 2.67. The molecule has 2 aliphatic heterocycles. The van der Waals surface area contributed by atoms with E-state index >= 15 is 0 Å². The van der Waals surface area contributed by atoms with Crippen LogP contribution in [0.5, 0.6) is 0 Å². The molecule has 1 atom stereocenters. The SMILES string of the molecule is O=C(C1Cc2ccccc2S1)N1CCc2sccc2C1. The summed E-state index contributed by atoms with van der Waals surface area (Å²) in [7, 11) is 0. The van der Waals surface area contributed by atoms with Gasteiger partial charge in [0.05, 0.1) is 5.25 Å². The second-order valence-corrected chi connectivity index (χ2v) is 7.54. The van der Waals surface area contributed by atoms with E-state index in [2.05, 4.69) is 35.7 Å². The molecule has 1 aromatic heterocycles. The summed E-state index contributed by atoms with van der Waals surface area (Å²) in [6, 6.07) is 10.5. The van der Waals surface area contributed by atoms with Gasteiger partial charge in [0.2, 0.25) is 5.91 Å². The monoisotopic (exact) mass is 301 g/mol. The number of nitrogens with zero attached hydrogens (tertiary/aromatic N) is 1. The number of hydrogen-bond acceptors (Lipinski definition) is 3. The number of rotatable bonds is 1. The summed E-state index contributed by atoms with van der Waals surface area (Å²) in [5.74, 6) is 0.308. The Hall–Kier alpha value is -1.26. The van der Waals surface area contributed by atoms with Crippen LogP contribution in [0, 0.1) is 0 Å². The molecule has 0 spiro atoms. The van der Waals surface area contributed by atoms with Crippen molar-refractivity contribution < 1.29 is 4.79 Å². The first-order chi connectivity index (χ1) is 9.81. The minimum atomic E-state index is 0.0765. The summed E-state index contributed by atoms with van der Waals surface area (Å²) >= 11 is 3.55. The number of thiophene rings is 1. The van der Waals surface area contributed by atoms with Crippen LogP contribution in [0.25, 0.3) is 0 Å². The number of carbonyl (C=O) groups excluding carboxylic acids is 1. The number of amides is 1. The highest BCUT2D eigenvalue weighted by atomic mass is 32.2. The Morgan fingerprint density at radius 3 is 3.00 bits per heavy atom. The van der Waals surface area contributed by atoms with Crippen LogP contribution in [0.15, 0.2) is 40.6 Å². The first-order valence-electron chi connectivity index (χ1n) is 6.90. The van der Waals surface area contributed by atoms with Crippen molar-refractivity contribution >= 4 is 29.0 Å². The van der Waals surface area contributed by atoms with Crippen molar-refractivity contribution in [3.8, 4) is 0 Å². The molecule has 102 valence electrons. The minimum absolute atomic E-state index is 0.0765. The van der Waals surface area contributed by atoms with Crippen molar-refractivity contribution in [2.45, 2.75) is 29.5 Å². The normalized spacial score (nSPS) is 20.6. The molecular weight excluding hydrogens is 286 g/mol. The predicted octanol–water partition coefficient (Wildman–Crippen LogP) is 3.35. The Morgan fingerprint density at radius 1 is 1.20 bits per heavy atom. The first-order valence-corrected chi connectivity index (χ1v) is 8.66. The van der Waals surface area contributed by atoms with Crippen LogP contribution in [0.1, 0.15) is 16.0 Å².